The summed E-state index contributed by atoms with van der Waals surface area (Å²) in [6.45, 7) is 2.98. The molecule has 0 bridgehead atoms. The van der Waals surface area contributed by atoms with Crippen LogP contribution < -0.4 is 5.73 Å². The Labute approximate surface area is 130 Å². The summed E-state index contributed by atoms with van der Waals surface area (Å²) in [4.78, 5) is 2.26. The van der Waals surface area contributed by atoms with E-state index >= 15 is 0 Å². The van der Waals surface area contributed by atoms with E-state index in [0.717, 1.165) is 17.1 Å². The van der Waals surface area contributed by atoms with Crippen molar-refractivity contribution < 1.29 is 0 Å². The van der Waals surface area contributed by atoms with Crippen molar-refractivity contribution in [1.29, 1.82) is 0 Å². The van der Waals surface area contributed by atoms with Gasteiger partial charge in [-0.05, 0) is 49.4 Å². The fraction of sp³-hybridized carbons (Fsp3) is 0.250. The topological polar surface area (TPSA) is 29.3 Å². The Morgan fingerprint density at radius 1 is 1.10 bits per heavy atom. The molecule has 2 aromatic rings. The number of nitrogen functional groups attached to an aromatic ring is 1. The minimum Gasteiger partial charge on any atom is -0.398 e. The molecular formula is C16H18Cl2N2. The van der Waals surface area contributed by atoms with E-state index in [-0.39, 0.29) is 0 Å². The SMILES string of the molecule is CC(c1ccc(Cl)cc1)N(C)Cc1ccc(N)c(Cl)c1. The lowest BCUT2D eigenvalue weighted by Gasteiger charge is -2.25. The normalized spacial score (nSPS) is 12.7. The maximum Gasteiger partial charge on any atom is 0.0638 e. The van der Waals surface area contributed by atoms with Gasteiger partial charge in [0.2, 0.25) is 0 Å². The van der Waals surface area contributed by atoms with Crippen LogP contribution in [0.3, 0.4) is 0 Å². The average Bonchev–Trinajstić information content (AvgIpc) is 2.43. The first kappa shape index (κ1) is 15.2. The first-order valence-electron chi connectivity index (χ1n) is 6.47. The smallest absolute Gasteiger partial charge is 0.0638 e. The Morgan fingerprint density at radius 3 is 2.35 bits per heavy atom. The summed E-state index contributed by atoms with van der Waals surface area (Å²) in [6.07, 6.45) is 0. The van der Waals surface area contributed by atoms with Gasteiger partial charge in [-0.2, -0.15) is 0 Å². The minimum atomic E-state index is 0.295. The molecule has 0 saturated heterocycles. The molecule has 0 spiro atoms. The average molecular weight is 309 g/mol. The lowest BCUT2D eigenvalue weighted by atomic mass is 10.1. The number of nitrogens with zero attached hydrogens (tertiary/aromatic N) is 1. The van der Waals surface area contributed by atoms with Gasteiger partial charge in [0, 0.05) is 17.6 Å². The molecule has 0 saturated carbocycles. The van der Waals surface area contributed by atoms with E-state index in [2.05, 4.69) is 31.0 Å². The molecule has 20 heavy (non-hydrogen) atoms. The van der Waals surface area contributed by atoms with E-state index < -0.39 is 0 Å². The van der Waals surface area contributed by atoms with Crippen molar-refractivity contribution in [2.24, 2.45) is 0 Å². The molecule has 0 aliphatic rings. The lowest BCUT2D eigenvalue weighted by Crippen LogP contribution is -2.21. The molecule has 0 aliphatic heterocycles. The number of rotatable bonds is 4. The van der Waals surface area contributed by atoms with Crippen LogP contribution in [-0.2, 0) is 6.54 Å². The van der Waals surface area contributed by atoms with Crippen molar-refractivity contribution >= 4 is 28.9 Å². The molecule has 0 aliphatic carbocycles. The van der Waals surface area contributed by atoms with Gasteiger partial charge in [-0.1, -0.05) is 41.4 Å². The summed E-state index contributed by atoms with van der Waals surface area (Å²) < 4.78 is 0. The molecule has 0 fully saturated rings. The van der Waals surface area contributed by atoms with Gasteiger partial charge >= 0.3 is 0 Å². The fourth-order valence-corrected chi connectivity index (χ4v) is 2.42. The Balaban J connectivity index is 2.08. The molecule has 0 heterocycles. The van der Waals surface area contributed by atoms with Crippen LogP contribution in [0.25, 0.3) is 0 Å². The second-order valence-corrected chi connectivity index (χ2v) is 5.84. The van der Waals surface area contributed by atoms with Gasteiger partial charge in [0.1, 0.15) is 0 Å². The molecule has 0 aromatic heterocycles. The summed E-state index contributed by atoms with van der Waals surface area (Å²) in [7, 11) is 2.09. The van der Waals surface area contributed by atoms with Crippen LogP contribution in [0.5, 0.6) is 0 Å². The van der Waals surface area contributed by atoms with Gasteiger partial charge in [-0.15, -0.1) is 0 Å². The number of hydrogen-bond acceptors (Lipinski definition) is 2. The minimum absolute atomic E-state index is 0.295. The zero-order valence-corrected chi connectivity index (χ0v) is 13.1. The highest BCUT2D eigenvalue weighted by atomic mass is 35.5. The van der Waals surface area contributed by atoms with Crippen LogP contribution in [0.4, 0.5) is 5.69 Å². The zero-order chi connectivity index (χ0) is 14.7. The summed E-state index contributed by atoms with van der Waals surface area (Å²) in [6, 6.07) is 14.0. The summed E-state index contributed by atoms with van der Waals surface area (Å²) in [5.41, 5.74) is 8.72. The maximum absolute atomic E-state index is 6.05. The van der Waals surface area contributed by atoms with Crippen molar-refractivity contribution in [2.75, 3.05) is 12.8 Å². The number of halogens is 2. The van der Waals surface area contributed by atoms with Gasteiger partial charge < -0.3 is 5.73 Å². The largest absolute Gasteiger partial charge is 0.398 e. The van der Waals surface area contributed by atoms with Crippen molar-refractivity contribution in [1.82, 2.24) is 4.90 Å². The maximum atomic E-state index is 6.05. The van der Waals surface area contributed by atoms with Crippen LogP contribution in [-0.4, -0.2) is 11.9 Å². The van der Waals surface area contributed by atoms with E-state index in [0.29, 0.717) is 16.8 Å². The first-order valence-corrected chi connectivity index (χ1v) is 7.22. The standard InChI is InChI=1S/C16H18Cl2N2/c1-11(13-4-6-14(17)7-5-13)20(2)10-12-3-8-16(19)15(18)9-12/h3-9,11H,10,19H2,1-2H3. The third-order valence-corrected chi connectivity index (χ3v) is 4.09. The van der Waals surface area contributed by atoms with Gasteiger partial charge in [-0.25, -0.2) is 0 Å². The van der Waals surface area contributed by atoms with E-state index in [4.69, 9.17) is 28.9 Å². The fourth-order valence-electron chi connectivity index (χ4n) is 2.09. The first-order chi connectivity index (χ1) is 9.47. The van der Waals surface area contributed by atoms with Crippen LogP contribution in [0.1, 0.15) is 24.1 Å². The monoisotopic (exact) mass is 308 g/mol. The molecule has 106 valence electrons. The third-order valence-electron chi connectivity index (χ3n) is 3.51. The van der Waals surface area contributed by atoms with E-state index in [1.807, 2.05) is 30.3 Å². The number of hydrogen-bond donors (Lipinski definition) is 1. The zero-order valence-electron chi connectivity index (χ0n) is 11.6. The summed E-state index contributed by atoms with van der Waals surface area (Å²) in [5.74, 6) is 0. The number of benzene rings is 2. The van der Waals surface area contributed by atoms with Crippen LogP contribution in [0.15, 0.2) is 42.5 Å². The molecule has 4 heteroatoms. The Morgan fingerprint density at radius 2 is 1.75 bits per heavy atom. The Kier molecular flexibility index (Phi) is 4.92. The number of nitrogens with two attached hydrogens (primary N) is 1. The molecule has 2 rings (SSSR count). The van der Waals surface area contributed by atoms with Crippen LogP contribution in [0.2, 0.25) is 10.0 Å². The molecular weight excluding hydrogens is 291 g/mol. The molecule has 0 radical (unpaired) electrons. The van der Waals surface area contributed by atoms with Crippen LogP contribution in [0, 0.1) is 0 Å². The molecule has 1 atom stereocenters. The Hall–Kier alpha value is -1.22. The highest BCUT2D eigenvalue weighted by molar-refractivity contribution is 6.33. The summed E-state index contributed by atoms with van der Waals surface area (Å²) >= 11 is 12.0. The third kappa shape index (κ3) is 3.66. The van der Waals surface area contributed by atoms with Crippen LogP contribution >= 0.6 is 23.2 Å². The van der Waals surface area contributed by atoms with E-state index in [1.165, 1.54) is 5.56 Å². The van der Waals surface area contributed by atoms with Gasteiger partial charge in [0.05, 0.1) is 10.7 Å². The van der Waals surface area contributed by atoms with E-state index in [9.17, 15) is 0 Å². The second-order valence-electron chi connectivity index (χ2n) is 5.00. The predicted molar refractivity (Wildman–Crippen MR) is 87.2 cm³/mol. The molecule has 0 amide bonds. The summed E-state index contributed by atoms with van der Waals surface area (Å²) in [5, 5.41) is 1.36. The highest BCUT2D eigenvalue weighted by Gasteiger charge is 2.12. The lowest BCUT2D eigenvalue weighted by molar-refractivity contribution is 0.253. The van der Waals surface area contributed by atoms with Crippen molar-refractivity contribution in [3.8, 4) is 0 Å². The quantitative estimate of drug-likeness (QED) is 0.824. The van der Waals surface area contributed by atoms with Crippen molar-refractivity contribution in [2.45, 2.75) is 19.5 Å². The molecule has 2 aromatic carbocycles. The second kappa shape index (κ2) is 6.49. The molecule has 2 N–H and O–H groups in total. The van der Waals surface area contributed by atoms with Gasteiger partial charge in [0.15, 0.2) is 0 Å². The van der Waals surface area contributed by atoms with E-state index in [1.54, 1.807) is 0 Å². The Bertz CT molecular complexity index is 582. The van der Waals surface area contributed by atoms with Gasteiger partial charge in [-0.3, -0.25) is 4.90 Å². The highest BCUT2D eigenvalue weighted by Crippen LogP contribution is 2.24. The van der Waals surface area contributed by atoms with Crippen molar-refractivity contribution in [3.63, 3.8) is 0 Å². The molecule has 2 nitrogen and oxygen atoms in total. The molecule has 1 unspecified atom stereocenters. The van der Waals surface area contributed by atoms with Crippen molar-refractivity contribution in [3.05, 3.63) is 63.6 Å². The predicted octanol–water partition coefficient (Wildman–Crippen LogP) is 4.77. The number of anilines is 1. The van der Waals surface area contributed by atoms with Gasteiger partial charge in [0.25, 0.3) is 0 Å².